The molecule has 0 aliphatic carbocycles. The molecule has 126 valence electrons. The van der Waals surface area contributed by atoms with Crippen molar-refractivity contribution in [1.82, 2.24) is 5.32 Å². The molecule has 1 atom stereocenters. The van der Waals surface area contributed by atoms with Crippen LogP contribution in [0.5, 0.6) is 5.75 Å². The van der Waals surface area contributed by atoms with Crippen molar-refractivity contribution in [1.29, 1.82) is 0 Å². The SMILES string of the molecule is CC[C@H](NC(=O)/C=C/c1ccc(F)cc1)c1ccc(OC)c(C)c1. The first-order valence-corrected chi connectivity index (χ1v) is 7.92. The van der Waals surface area contributed by atoms with E-state index >= 15 is 0 Å². The monoisotopic (exact) mass is 327 g/mol. The van der Waals surface area contributed by atoms with Crippen LogP contribution in [-0.4, -0.2) is 13.0 Å². The van der Waals surface area contributed by atoms with Gasteiger partial charge in [0.25, 0.3) is 0 Å². The van der Waals surface area contributed by atoms with Gasteiger partial charge in [-0.05, 0) is 54.3 Å². The number of hydrogen-bond acceptors (Lipinski definition) is 2. The third-order valence-electron chi connectivity index (χ3n) is 3.84. The van der Waals surface area contributed by atoms with Gasteiger partial charge in [-0.2, -0.15) is 0 Å². The summed E-state index contributed by atoms with van der Waals surface area (Å²) in [5, 5.41) is 2.99. The molecule has 2 aromatic carbocycles. The molecule has 0 saturated carbocycles. The Morgan fingerprint density at radius 1 is 1.25 bits per heavy atom. The standard InChI is InChI=1S/C20H22FNO2/c1-4-18(16-8-11-19(24-3)14(2)13-16)22-20(23)12-7-15-5-9-17(21)10-6-15/h5-13,18H,4H2,1-3H3,(H,22,23)/b12-7+/t18-/m0/s1. The number of nitrogens with one attached hydrogen (secondary N) is 1. The average Bonchev–Trinajstić information content (AvgIpc) is 2.59. The second kappa shape index (κ2) is 8.29. The van der Waals surface area contributed by atoms with Gasteiger partial charge in [0.1, 0.15) is 11.6 Å². The van der Waals surface area contributed by atoms with Gasteiger partial charge in [-0.1, -0.05) is 31.2 Å². The average molecular weight is 327 g/mol. The van der Waals surface area contributed by atoms with Gasteiger partial charge in [0.05, 0.1) is 13.2 Å². The van der Waals surface area contributed by atoms with Crippen LogP contribution in [0.4, 0.5) is 4.39 Å². The zero-order valence-electron chi connectivity index (χ0n) is 14.2. The summed E-state index contributed by atoms with van der Waals surface area (Å²) in [7, 11) is 1.64. The Bertz CT molecular complexity index is 723. The van der Waals surface area contributed by atoms with E-state index < -0.39 is 0 Å². The molecule has 0 bridgehead atoms. The highest BCUT2D eigenvalue weighted by molar-refractivity contribution is 5.92. The van der Waals surface area contributed by atoms with Crippen molar-refractivity contribution in [2.45, 2.75) is 26.3 Å². The molecule has 0 spiro atoms. The van der Waals surface area contributed by atoms with Crippen LogP contribution in [0, 0.1) is 12.7 Å². The van der Waals surface area contributed by atoms with Crippen molar-refractivity contribution in [2.75, 3.05) is 7.11 Å². The summed E-state index contributed by atoms with van der Waals surface area (Å²) in [4.78, 5) is 12.1. The van der Waals surface area contributed by atoms with Gasteiger partial charge >= 0.3 is 0 Å². The largest absolute Gasteiger partial charge is 0.496 e. The third-order valence-corrected chi connectivity index (χ3v) is 3.84. The van der Waals surface area contributed by atoms with Crippen LogP contribution in [0.2, 0.25) is 0 Å². The second-order valence-corrected chi connectivity index (χ2v) is 5.58. The van der Waals surface area contributed by atoms with E-state index in [-0.39, 0.29) is 17.8 Å². The molecule has 1 N–H and O–H groups in total. The molecule has 0 aliphatic rings. The predicted molar refractivity (Wildman–Crippen MR) is 94.3 cm³/mol. The summed E-state index contributed by atoms with van der Waals surface area (Å²) in [6, 6.07) is 11.8. The van der Waals surface area contributed by atoms with E-state index in [1.807, 2.05) is 32.0 Å². The van der Waals surface area contributed by atoms with E-state index in [4.69, 9.17) is 4.74 Å². The number of ether oxygens (including phenoxy) is 1. The van der Waals surface area contributed by atoms with Crippen LogP contribution in [0.3, 0.4) is 0 Å². The van der Waals surface area contributed by atoms with Gasteiger partial charge in [-0.15, -0.1) is 0 Å². The summed E-state index contributed by atoms with van der Waals surface area (Å²) in [6.07, 6.45) is 3.91. The Balaban J connectivity index is 2.05. The summed E-state index contributed by atoms with van der Waals surface area (Å²) in [5.74, 6) is 0.355. The van der Waals surface area contributed by atoms with Gasteiger partial charge in [-0.3, -0.25) is 4.79 Å². The lowest BCUT2D eigenvalue weighted by Crippen LogP contribution is -2.26. The Morgan fingerprint density at radius 2 is 1.96 bits per heavy atom. The summed E-state index contributed by atoms with van der Waals surface area (Å²) in [6.45, 7) is 4.00. The molecule has 1 amide bonds. The lowest BCUT2D eigenvalue weighted by Gasteiger charge is -2.18. The Hall–Kier alpha value is -2.62. The third kappa shape index (κ3) is 4.69. The van der Waals surface area contributed by atoms with Crippen LogP contribution >= 0.6 is 0 Å². The molecular formula is C20H22FNO2. The molecule has 0 saturated heterocycles. The van der Waals surface area contributed by atoms with Crippen molar-refractivity contribution < 1.29 is 13.9 Å². The fourth-order valence-corrected chi connectivity index (χ4v) is 2.51. The molecule has 2 aromatic rings. The lowest BCUT2D eigenvalue weighted by molar-refractivity contribution is -0.117. The maximum Gasteiger partial charge on any atom is 0.244 e. The van der Waals surface area contributed by atoms with Crippen molar-refractivity contribution >= 4 is 12.0 Å². The number of benzene rings is 2. The van der Waals surface area contributed by atoms with Crippen molar-refractivity contribution in [3.05, 3.63) is 71.0 Å². The van der Waals surface area contributed by atoms with Crippen molar-refractivity contribution in [3.63, 3.8) is 0 Å². The molecule has 4 heteroatoms. The maximum absolute atomic E-state index is 12.9. The number of aryl methyl sites for hydroxylation is 1. The van der Waals surface area contributed by atoms with E-state index in [1.54, 1.807) is 25.3 Å². The number of halogens is 1. The minimum Gasteiger partial charge on any atom is -0.496 e. The topological polar surface area (TPSA) is 38.3 Å². The molecule has 0 radical (unpaired) electrons. The van der Waals surface area contributed by atoms with Crippen molar-refractivity contribution in [3.8, 4) is 5.75 Å². The maximum atomic E-state index is 12.9. The van der Waals surface area contributed by atoms with E-state index in [0.29, 0.717) is 0 Å². The molecule has 0 heterocycles. The number of carbonyl (C=O) groups is 1. The fraction of sp³-hybridized carbons (Fsp3) is 0.250. The molecule has 24 heavy (non-hydrogen) atoms. The number of rotatable bonds is 6. The molecule has 0 aromatic heterocycles. The van der Waals surface area contributed by atoms with Crippen LogP contribution < -0.4 is 10.1 Å². The van der Waals surface area contributed by atoms with E-state index in [9.17, 15) is 9.18 Å². The highest BCUT2D eigenvalue weighted by atomic mass is 19.1. The summed E-state index contributed by atoms with van der Waals surface area (Å²) >= 11 is 0. The van der Waals surface area contributed by atoms with E-state index in [1.165, 1.54) is 18.2 Å². The van der Waals surface area contributed by atoms with Gasteiger partial charge in [0.15, 0.2) is 0 Å². The molecule has 0 unspecified atom stereocenters. The Labute approximate surface area is 142 Å². The lowest BCUT2D eigenvalue weighted by atomic mass is 10.0. The Kier molecular flexibility index (Phi) is 6.13. The first-order chi connectivity index (χ1) is 11.5. The van der Waals surface area contributed by atoms with Gasteiger partial charge in [-0.25, -0.2) is 4.39 Å². The van der Waals surface area contributed by atoms with Crippen LogP contribution in [0.1, 0.15) is 36.1 Å². The molecule has 2 rings (SSSR count). The second-order valence-electron chi connectivity index (χ2n) is 5.58. The highest BCUT2D eigenvalue weighted by Crippen LogP contribution is 2.24. The number of carbonyl (C=O) groups excluding carboxylic acids is 1. The number of amides is 1. The number of methoxy groups -OCH3 is 1. The zero-order chi connectivity index (χ0) is 17.5. The minimum atomic E-state index is -0.294. The first-order valence-electron chi connectivity index (χ1n) is 7.92. The summed E-state index contributed by atoms with van der Waals surface area (Å²) < 4.78 is 18.1. The molecular weight excluding hydrogens is 305 g/mol. The smallest absolute Gasteiger partial charge is 0.244 e. The highest BCUT2D eigenvalue weighted by Gasteiger charge is 2.12. The quantitative estimate of drug-likeness (QED) is 0.798. The summed E-state index contributed by atoms with van der Waals surface area (Å²) in [5.41, 5.74) is 2.85. The molecule has 0 aliphatic heterocycles. The fourth-order valence-electron chi connectivity index (χ4n) is 2.51. The minimum absolute atomic E-state index is 0.0695. The van der Waals surface area contributed by atoms with Gasteiger partial charge in [0, 0.05) is 6.08 Å². The number of hydrogen-bond donors (Lipinski definition) is 1. The van der Waals surface area contributed by atoms with Crippen LogP contribution in [0.25, 0.3) is 6.08 Å². The Morgan fingerprint density at radius 3 is 2.54 bits per heavy atom. The normalized spacial score (nSPS) is 12.2. The predicted octanol–water partition coefficient (Wildman–Crippen LogP) is 4.42. The first kappa shape index (κ1) is 17.7. The van der Waals surface area contributed by atoms with Gasteiger partial charge in [0.2, 0.25) is 5.91 Å². The zero-order valence-corrected chi connectivity index (χ0v) is 14.2. The molecule has 0 fully saturated rings. The van der Waals surface area contributed by atoms with Crippen molar-refractivity contribution in [2.24, 2.45) is 0 Å². The van der Waals surface area contributed by atoms with Gasteiger partial charge < -0.3 is 10.1 Å². The van der Waals surface area contributed by atoms with E-state index in [2.05, 4.69) is 5.32 Å². The molecule has 3 nitrogen and oxygen atoms in total. The van der Waals surface area contributed by atoms with Crippen LogP contribution in [-0.2, 0) is 4.79 Å². The van der Waals surface area contributed by atoms with Crippen LogP contribution in [0.15, 0.2) is 48.5 Å². The van der Waals surface area contributed by atoms with E-state index in [0.717, 1.165) is 28.9 Å².